The van der Waals surface area contributed by atoms with Crippen LogP contribution in [0.5, 0.6) is 0 Å². The molecule has 0 aromatic carbocycles. The van der Waals surface area contributed by atoms with Crippen LogP contribution in [0.25, 0.3) is 0 Å². The van der Waals surface area contributed by atoms with Crippen molar-refractivity contribution in [2.45, 2.75) is 52.6 Å². The number of fused-ring (bicyclic) bond motifs is 3. The van der Waals surface area contributed by atoms with Gasteiger partial charge in [-0.15, -0.1) is 0 Å². The SMILES string of the molecule is C=C1CC[C@@H]2C[C@H]3[C@@H](OC(=S)SC)C(C)(C)C[C@H]3[C@]12C. The largest absolute Gasteiger partial charge is 0.474 e. The van der Waals surface area contributed by atoms with Crippen LogP contribution in [0.2, 0.25) is 0 Å². The summed E-state index contributed by atoms with van der Waals surface area (Å²) in [6.07, 6.45) is 7.44. The zero-order valence-electron chi connectivity index (χ0n) is 13.1. The normalized spacial score (nSPS) is 45.3. The van der Waals surface area contributed by atoms with Crippen LogP contribution in [-0.4, -0.2) is 16.7 Å². The summed E-state index contributed by atoms with van der Waals surface area (Å²) in [5, 5.41) is 0. The topological polar surface area (TPSA) is 9.23 Å². The Hall–Kier alpha value is -0.0200. The molecule has 3 saturated carbocycles. The van der Waals surface area contributed by atoms with Gasteiger partial charge in [-0.2, -0.15) is 0 Å². The fourth-order valence-electron chi connectivity index (χ4n) is 5.43. The number of ether oxygens (including phenoxy) is 1. The minimum absolute atomic E-state index is 0.228. The second-order valence-corrected chi connectivity index (χ2v) is 9.22. The molecule has 0 aromatic rings. The standard InChI is InChI=1S/C17H26OS2/c1-10-6-7-11-8-12-13(17(10,11)4)9-16(2,3)14(12)18-15(19)20-5/h11-14H,1,6-9H2,2-5H3/t11-,12-,13-,14-,17-/m1/s1. The number of allylic oxidation sites excluding steroid dienone is 1. The summed E-state index contributed by atoms with van der Waals surface area (Å²) >= 11 is 6.89. The van der Waals surface area contributed by atoms with Crippen molar-refractivity contribution in [2.75, 3.05) is 6.26 Å². The molecule has 0 saturated heterocycles. The van der Waals surface area contributed by atoms with Crippen LogP contribution in [0.3, 0.4) is 0 Å². The van der Waals surface area contributed by atoms with E-state index in [9.17, 15) is 0 Å². The maximum atomic E-state index is 6.20. The minimum Gasteiger partial charge on any atom is -0.474 e. The van der Waals surface area contributed by atoms with E-state index in [1.165, 1.54) is 31.3 Å². The number of thioether (sulfide) groups is 1. The third kappa shape index (κ3) is 1.92. The van der Waals surface area contributed by atoms with E-state index in [2.05, 4.69) is 27.4 Å². The number of hydrogen-bond donors (Lipinski definition) is 0. The molecular weight excluding hydrogens is 284 g/mol. The lowest BCUT2D eigenvalue weighted by Crippen LogP contribution is -2.32. The Labute approximate surface area is 132 Å². The molecule has 0 aromatic heterocycles. The molecule has 0 heterocycles. The lowest BCUT2D eigenvalue weighted by molar-refractivity contribution is 0.0613. The van der Waals surface area contributed by atoms with Gasteiger partial charge in [0.15, 0.2) is 0 Å². The summed E-state index contributed by atoms with van der Waals surface area (Å²) in [6.45, 7) is 11.6. The van der Waals surface area contributed by atoms with Gasteiger partial charge >= 0.3 is 0 Å². The zero-order valence-corrected chi connectivity index (χ0v) is 14.7. The first-order valence-electron chi connectivity index (χ1n) is 7.73. The molecular formula is C17H26OS2. The number of thiocarbonyl (C=S) groups is 1. The zero-order chi connectivity index (χ0) is 14.7. The fourth-order valence-corrected chi connectivity index (χ4v) is 5.73. The van der Waals surface area contributed by atoms with Gasteiger partial charge in [0, 0.05) is 11.3 Å². The van der Waals surface area contributed by atoms with Gasteiger partial charge in [0.1, 0.15) is 6.10 Å². The predicted octanol–water partition coefficient (Wildman–Crippen LogP) is 5.06. The lowest BCUT2D eigenvalue weighted by atomic mass is 9.70. The number of hydrogen-bond acceptors (Lipinski definition) is 3. The Bertz CT molecular complexity index is 456. The van der Waals surface area contributed by atoms with Crippen molar-refractivity contribution >= 4 is 28.4 Å². The van der Waals surface area contributed by atoms with E-state index >= 15 is 0 Å². The van der Waals surface area contributed by atoms with Gasteiger partial charge < -0.3 is 4.74 Å². The molecule has 3 aliphatic rings. The maximum absolute atomic E-state index is 6.20. The van der Waals surface area contributed by atoms with Gasteiger partial charge in [-0.1, -0.05) is 44.7 Å². The molecule has 0 radical (unpaired) electrons. The molecule has 0 unspecified atom stereocenters. The molecule has 0 bridgehead atoms. The van der Waals surface area contributed by atoms with E-state index < -0.39 is 0 Å². The summed E-state index contributed by atoms with van der Waals surface area (Å²) in [5.74, 6) is 2.24. The van der Waals surface area contributed by atoms with Crippen molar-refractivity contribution in [1.29, 1.82) is 0 Å². The van der Waals surface area contributed by atoms with Crippen LogP contribution < -0.4 is 0 Å². The van der Waals surface area contributed by atoms with E-state index in [0.29, 0.717) is 21.8 Å². The molecule has 3 heteroatoms. The molecule has 3 fully saturated rings. The van der Waals surface area contributed by atoms with E-state index in [1.807, 2.05) is 6.26 Å². The highest BCUT2D eigenvalue weighted by Gasteiger charge is 2.64. The van der Waals surface area contributed by atoms with Crippen molar-refractivity contribution in [3.63, 3.8) is 0 Å². The van der Waals surface area contributed by atoms with E-state index in [-0.39, 0.29) is 5.41 Å². The second-order valence-electron chi connectivity index (χ2n) is 7.81. The maximum Gasteiger partial charge on any atom is 0.219 e. The Morgan fingerprint density at radius 2 is 2.10 bits per heavy atom. The van der Waals surface area contributed by atoms with Gasteiger partial charge in [0.2, 0.25) is 4.38 Å². The van der Waals surface area contributed by atoms with Crippen molar-refractivity contribution in [3.05, 3.63) is 12.2 Å². The molecule has 20 heavy (non-hydrogen) atoms. The summed E-state index contributed by atoms with van der Waals surface area (Å²) in [5.41, 5.74) is 2.09. The van der Waals surface area contributed by atoms with Crippen LogP contribution in [0.4, 0.5) is 0 Å². The van der Waals surface area contributed by atoms with Gasteiger partial charge in [0.25, 0.3) is 0 Å². The molecule has 0 amide bonds. The third-order valence-corrected chi connectivity index (χ3v) is 7.57. The first kappa shape index (κ1) is 14.9. The van der Waals surface area contributed by atoms with Gasteiger partial charge in [0.05, 0.1) is 0 Å². The Kier molecular flexibility index (Phi) is 3.53. The highest BCUT2D eigenvalue weighted by Crippen LogP contribution is 2.69. The van der Waals surface area contributed by atoms with E-state index in [4.69, 9.17) is 17.0 Å². The van der Waals surface area contributed by atoms with Crippen molar-refractivity contribution in [2.24, 2.45) is 28.6 Å². The summed E-state index contributed by atoms with van der Waals surface area (Å²) in [6, 6.07) is 0. The monoisotopic (exact) mass is 310 g/mol. The average Bonchev–Trinajstić information content (AvgIpc) is 2.91. The summed E-state index contributed by atoms with van der Waals surface area (Å²) in [7, 11) is 0. The van der Waals surface area contributed by atoms with E-state index in [1.54, 1.807) is 11.8 Å². The third-order valence-electron chi connectivity index (χ3n) is 6.54. The number of rotatable bonds is 1. The first-order chi connectivity index (χ1) is 9.30. The molecule has 3 aliphatic carbocycles. The molecule has 112 valence electrons. The summed E-state index contributed by atoms with van der Waals surface area (Å²) < 4.78 is 6.91. The summed E-state index contributed by atoms with van der Waals surface area (Å²) in [4.78, 5) is 0. The van der Waals surface area contributed by atoms with Crippen LogP contribution in [-0.2, 0) is 4.74 Å². The molecule has 1 nitrogen and oxygen atoms in total. The lowest BCUT2D eigenvalue weighted by Gasteiger charge is -2.34. The van der Waals surface area contributed by atoms with Crippen LogP contribution in [0.1, 0.15) is 46.5 Å². The fraction of sp³-hybridized carbons (Fsp3) is 0.824. The highest BCUT2D eigenvalue weighted by atomic mass is 32.2. The average molecular weight is 311 g/mol. The Morgan fingerprint density at radius 1 is 1.40 bits per heavy atom. The Morgan fingerprint density at radius 3 is 2.75 bits per heavy atom. The van der Waals surface area contributed by atoms with Gasteiger partial charge in [-0.25, -0.2) is 0 Å². The van der Waals surface area contributed by atoms with Crippen LogP contribution >= 0.6 is 24.0 Å². The quantitative estimate of drug-likeness (QED) is 0.495. The predicted molar refractivity (Wildman–Crippen MR) is 91.0 cm³/mol. The van der Waals surface area contributed by atoms with Crippen molar-refractivity contribution in [1.82, 2.24) is 0 Å². The van der Waals surface area contributed by atoms with Gasteiger partial charge in [-0.3, -0.25) is 0 Å². The van der Waals surface area contributed by atoms with Crippen LogP contribution in [0, 0.1) is 28.6 Å². The molecule has 0 aliphatic heterocycles. The highest BCUT2D eigenvalue weighted by molar-refractivity contribution is 8.22. The molecule has 5 atom stereocenters. The minimum atomic E-state index is 0.228. The van der Waals surface area contributed by atoms with Crippen molar-refractivity contribution in [3.8, 4) is 0 Å². The smallest absolute Gasteiger partial charge is 0.219 e. The van der Waals surface area contributed by atoms with E-state index in [0.717, 1.165) is 11.8 Å². The van der Waals surface area contributed by atoms with Crippen molar-refractivity contribution < 1.29 is 4.74 Å². The molecule has 3 rings (SSSR count). The Balaban J connectivity index is 1.89. The first-order valence-corrected chi connectivity index (χ1v) is 9.37. The molecule has 0 N–H and O–H groups in total. The van der Waals surface area contributed by atoms with Gasteiger partial charge in [-0.05, 0) is 61.4 Å². The molecule has 0 spiro atoms. The second kappa shape index (κ2) is 4.74. The van der Waals surface area contributed by atoms with Crippen LogP contribution in [0.15, 0.2) is 12.2 Å².